The van der Waals surface area contributed by atoms with Gasteiger partial charge in [-0.2, -0.15) is 0 Å². The summed E-state index contributed by atoms with van der Waals surface area (Å²) in [5.41, 5.74) is 0.210. The van der Waals surface area contributed by atoms with Crippen LogP contribution in [-0.4, -0.2) is 53.2 Å². The fraction of sp³-hybridized carbons (Fsp3) is 0.600. The number of carboxylic acid groups (broad SMARTS) is 1. The van der Waals surface area contributed by atoms with Gasteiger partial charge in [-0.25, -0.2) is 9.59 Å². The summed E-state index contributed by atoms with van der Waals surface area (Å²) >= 11 is 0. The summed E-state index contributed by atoms with van der Waals surface area (Å²) in [4.78, 5) is 48.4. The van der Waals surface area contributed by atoms with E-state index >= 15 is 0 Å². The van der Waals surface area contributed by atoms with Crippen molar-refractivity contribution in [3.8, 4) is 0 Å². The van der Waals surface area contributed by atoms with E-state index in [0.29, 0.717) is 19.4 Å². The number of benzene rings is 1. The van der Waals surface area contributed by atoms with Crippen LogP contribution in [0.2, 0.25) is 0 Å². The van der Waals surface area contributed by atoms with Gasteiger partial charge in [0.15, 0.2) is 0 Å². The normalized spacial score (nSPS) is 19.9. The van der Waals surface area contributed by atoms with Gasteiger partial charge in [0.25, 0.3) is 0 Å². The SMILES string of the molecule is C[C@@H](NC(=O)OC(C)(C)C)C(=O)NCC1CCC(C(=O)N[C@@H](Cc2ccccc2)C(=O)O)CC1. The van der Waals surface area contributed by atoms with Crippen LogP contribution in [0.1, 0.15) is 58.9 Å². The summed E-state index contributed by atoms with van der Waals surface area (Å²) in [6.07, 6.45) is 2.36. The Balaban J connectivity index is 1.73. The predicted octanol–water partition coefficient (Wildman–Crippen LogP) is 2.63. The first-order valence-corrected chi connectivity index (χ1v) is 11.8. The maximum atomic E-state index is 12.7. The highest BCUT2D eigenvalue weighted by atomic mass is 16.6. The minimum atomic E-state index is -1.05. The Morgan fingerprint density at radius 1 is 1.03 bits per heavy atom. The van der Waals surface area contributed by atoms with E-state index < -0.39 is 29.7 Å². The van der Waals surface area contributed by atoms with Gasteiger partial charge in [0.05, 0.1) is 0 Å². The average molecular weight is 476 g/mol. The number of carboxylic acids is 1. The standard InChI is InChI=1S/C25H37N3O6/c1-16(27-24(33)34-25(2,3)4)21(29)26-15-18-10-12-19(13-11-18)22(30)28-20(23(31)32)14-17-8-6-5-7-9-17/h5-9,16,18-20H,10-15H2,1-4H3,(H,26,29)(H,27,33)(H,28,30)(H,31,32)/t16-,18?,19?,20+/m1/s1. The number of ether oxygens (including phenoxy) is 1. The Bertz CT molecular complexity index is 844. The molecule has 0 spiro atoms. The fourth-order valence-electron chi connectivity index (χ4n) is 3.92. The van der Waals surface area contributed by atoms with E-state index in [1.54, 1.807) is 27.7 Å². The first-order valence-electron chi connectivity index (χ1n) is 11.8. The third kappa shape index (κ3) is 9.41. The van der Waals surface area contributed by atoms with Crippen molar-refractivity contribution >= 4 is 23.9 Å². The number of alkyl carbamates (subject to hydrolysis) is 1. The van der Waals surface area contributed by atoms with Crippen LogP contribution < -0.4 is 16.0 Å². The molecule has 34 heavy (non-hydrogen) atoms. The monoisotopic (exact) mass is 475 g/mol. The summed E-state index contributed by atoms with van der Waals surface area (Å²) in [7, 11) is 0. The molecule has 2 atom stereocenters. The van der Waals surface area contributed by atoms with Crippen molar-refractivity contribution in [3.05, 3.63) is 35.9 Å². The molecule has 1 aromatic carbocycles. The molecule has 0 radical (unpaired) electrons. The number of aliphatic carboxylic acids is 1. The molecule has 1 fully saturated rings. The molecule has 3 amide bonds. The maximum Gasteiger partial charge on any atom is 0.408 e. The van der Waals surface area contributed by atoms with Gasteiger partial charge in [0.2, 0.25) is 11.8 Å². The third-order valence-corrected chi connectivity index (χ3v) is 5.81. The second-order valence-electron chi connectivity index (χ2n) is 9.92. The van der Waals surface area contributed by atoms with Crippen LogP contribution in [0.4, 0.5) is 4.79 Å². The van der Waals surface area contributed by atoms with Crippen LogP contribution in [-0.2, 0) is 25.5 Å². The Morgan fingerprint density at radius 3 is 2.21 bits per heavy atom. The highest BCUT2D eigenvalue weighted by Gasteiger charge is 2.30. The molecular formula is C25H37N3O6. The van der Waals surface area contributed by atoms with E-state index in [9.17, 15) is 24.3 Å². The molecule has 9 nitrogen and oxygen atoms in total. The van der Waals surface area contributed by atoms with Gasteiger partial charge in [-0.1, -0.05) is 30.3 Å². The molecule has 0 saturated heterocycles. The Kier molecular flexibility index (Phi) is 9.89. The summed E-state index contributed by atoms with van der Waals surface area (Å²) in [6.45, 7) is 7.30. The molecule has 0 heterocycles. The summed E-state index contributed by atoms with van der Waals surface area (Å²) in [5, 5.41) is 17.6. The van der Waals surface area contributed by atoms with E-state index in [2.05, 4.69) is 16.0 Å². The summed E-state index contributed by atoms with van der Waals surface area (Å²) in [5.74, 6) is -1.60. The quantitative estimate of drug-likeness (QED) is 0.434. The molecule has 0 unspecified atom stereocenters. The summed E-state index contributed by atoms with van der Waals surface area (Å²) in [6, 6.07) is 7.52. The minimum Gasteiger partial charge on any atom is -0.480 e. The number of amides is 3. The van der Waals surface area contributed by atoms with Crippen molar-refractivity contribution in [2.45, 2.75) is 77.5 Å². The van der Waals surface area contributed by atoms with Crippen molar-refractivity contribution in [3.63, 3.8) is 0 Å². The van der Waals surface area contributed by atoms with Gasteiger partial charge in [-0.3, -0.25) is 9.59 Å². The van der Waals surface area contributed by atoms with Crippen LogP contribution in [0.25, 0.3) is 0 Å². The van der Waals surface area contributed by atoms with Crippen LogP contribution in [0, 0.1) is 11.8 Å². The lowest BCUT2D eigenvalue weighted by atomic mass is 9.81. The number of carbonyl (C=O) groups is 4. The topological polar surface area (TPSA) is 134 Å². The molecule has 4 N–H and O–H groups in total. The molecule has 1 aliphatic carbocycles. The van der Waals surface area contributed by atoms with Gasteiger partial charge in [0, 0.05) is 18.9 Å². The smallest absolute Gasteiger partial charge is 0.408 e. The number of carbonyl (C=O) groups excluding carboxylic acids is 3. The Morgan fingerprint density at radius 2 is 1.65 bits per heavy atom. The highest BCUT2D eigenvalue weighted by molar-refractivity contribution is 5.86. The van der Waals surface area contributed by atoms with E-state index in [1.165, 1.54) is 0 Å². The van der Waals surface area contributed by atoms with Crippen LogP contribution in [0.3, 0.4) is 0 Å². The van der Waals surface area contributed by atoms with Crippen LogP contribution >= 0.6 is 0 Å². The lowest BCUT2D eigenvalue weighted by Crippen LogP contribution is -2.48. The van der Waals surface area contributed by atoms with Crippen molar-refractivity contribution < 1.29 is 29.0 Å². The first kappa shape index (κ1) is 27.1. The second kappa shape index (κ2) is 12.4. The zero-order valence-corrected chi connectivity index (χ0v) is 20.4. The zero-order valence-electron chi connectivity index (χ0n) is 20.4. The first-order chi connectivity index (χ1) is 15.9. The van der Waals surface area contributed by atoms with Crippen molar-refractivity contribution in [1.82, 2.24) is 16.0 Å². The molecule has 1 saturated carbocycles. The average Bonchev–Trinajstić information content (AvgIpc) is 2.76. The summed E-state index contributed by atoms with van der Waals surface area (Å²) < 4.78 is 5.16. The fourth-order valence-corrected chi connectivity index (χ4v) is 3.92. The van der Waals surface area contributed by atoms with Gasteiger partial charge in [-0.05, 0) is 64.9 Å². The largest absolute Gasteiger partial charge is 0.480 e. The van der Waals surface area contributed by atoms with Crippen LogP contribution in [0.5, 0.6) is 0 Å². The predicted molar refractivity (Wildman–Crippen MR) is 127 cm³/mol. The Hall–Kier alpha value is -3.10. The van der Waals surface area contributed by atoms with E-state index in [0.717, 1.165) is 18.4 Å². The Labute approximate surface area is 201 Å². The van der Waals surface area contributed by atoms with Crippen molar-refractivity contribution in [2.75, 3.05) is 6.54 Å². The number of hydrogen-bond donors (Lipinski definition) is 4. The molecule has 0 aliphatic heterocycles. The van der Waals surface area contributed by atoms with Crippen molar-refractivity contribution in [2.24, 2.45) is 11.8 Å². The molecule has 188 valence electrons. The van der Waals surface area contributed by atoms with Gasteiger partial charge in [-0.15, -0.1) is 0 Å². The maximum absolute atomic E-state index is 12.7. The van der Waals surface area contributed by atoms with Crippen LogP contribution in [0.15, 0.2) is 30.3 Å². The number of hydrogen-bond acceptors (Lipinski definition) is 5. The van der Waals surface area contributed by atoms with E-state index in [1.807, 2.05) is 30.3 Å². The molecular weight excluding hydrogens is 438 g/mol. The molecule has 2 rings (SSSR count). The zero-order chi connectivity index (χ0) is 25.3. The second-order valence-corrected chi connectivity index (χ2v) is 9.92. The number of nitrogens with one attached hydrogen (secondary N) is 3. The number of rotatable bonds is 9. The highest BCUT2D eigenvalue weighted by Crippen LogP contribution is 2.28. The van der Waals surface area contributed by atoms with Crippen molar-refractivity contribution in [1.29, 1.82) is 0 Å². The van der Waals surface area contributed by atoms with Gasteiger partial charge in [0.1, 0.15) is 17.7 Å². The lowest BCUT2D eigenvalue weighted by Gasteiger charge is -2.29. The molecule has 1 aliphatic rings. The van der Waals surface area contributed by atoms with Gasteiger partial charge < -0.3 is 25.8 Å². The van der Waals surface area contributed by atoms with E-state index in [-0.39, 0.29) is 30.1 Å². The minimum absolute atomic E-state index is 0.223. The molecule has 1 aromatic rings. The lowest BCUT2D eigenvalue weighted by molar-refractivity contribution is -0.142. The van der Waals surface area contributed by atoms with E-state index in [4.69, 9.17) is 4.74 Å². The molecule has 0 bridgehead atoms. The third-order valence-electron chi connectivity index (χ3n) is 5.81. The molecule has 0 aromatic heterocycles. The van der Waals surface area contributed by atoms with Gasteiger partial charge >= 0.3 is 12.1 Å². The molecule has 9 heteroatoms.